The van der Waals surface area contributed by atoms with Crippen LogP contribution >= 0.6 is 23.2 Å². The Kier molecular flexibility index (Phi) is 2.56. The quantitative estimate of drug-likeness (QED) is 0.721. The predicted octanol–water partition coefficient (Wildman–Crippen LogP) is 4.21. The molecule has 86 valence electrons. The van der Waals surface area contributed by atoms with Gasteiger partial charge < -0.3 is 4.74 Å². The first-order valence-corrected chi connectivity index (χ1v) is 6.57. The standard InChI is InChI=1S/C13H14Cl2O/c1-7-4-10(7)12(15)11-6-9(14)5-8-2-3-16-13(8)11/h5-7,10,12H,2-4H2,1H3. The van der Waals surface area contributed by atoms with Crippen molar-refractivity contribution < 1.29 is 4.74 Å². The topological polar surface area (TPSA) is 9.23 Å². The zero-order valence-electron chi connectivity index (χ0n) is 9.17. The van der Waals surface area contributed by atoms with Crippen LogP contribution in [0.4, 0.5) is 0 Å². The molecular formula is C13H14Cl2O. The molecule has 1 fully saturated rings. The molecule has 1 heterocycles. The van der Waals surface area contributed by atoms with Gasteiger partial charge in [0.1, 0.15) is 5.75 Å². The summed E-state index contributed by atoms with van der Waals surface area (Å²) in [7, 11) is 0. The maximum Gasteiger partial charge on any atom is 0.127 e. The lowest BCUT2D eigenvalue weighted by Gasteiger charge is -2.14. The Morgan fingerprint density at radius 1 is 1.44 bits per heavy atom. The monoisotopic (exact) mass is 256 g/mol. The number of rotatable bonds is 2. The van der Waals surface area contributed by atoms with Gasteiger partial charge in [0.25, 0.3) is 0 Å². The van der Waals surface area contributed by atoms with Crippen molar-refractivity contribution in [2.24, 2.45) is 11.8 Å². The number of halogens is 2. The fraction of sp³-hybridized carbons (Fsp3) is 0.538. The van der Waals surface area contributed by atoms with Gasteiger partial charge in [0.2, 0.25) is 0 Å². The Hall–Kier alpha value is -0.400. The van der Waals surface area contributed by atoms with E-state index in [1.54, 1.807) is 0 Å². The van der Waals surface area contributed by atoms with Gasteiger partial charge in [0, 0.05) is 17.0 Å². The van der Waals surface area contributed by atoms with E-state index in [-0.39, 0.29) is 5.38 Å². The molecule has 3 rings (SSSR count). The van der Waals surface area contributed by atoms with Gasteiger partial charge in [-0.3, -0.25) is 0 Å². The molecule has 1 aromatic rings. The average Bonchev–Trinajstić information content (AvgIpc) is 2.78. The van der Waals surface area contributed by atoms with Gasteiger partial charge in [0.05, 0.1) is 12.0 Å². The van der Waals surface area contributed by atoms with Crippen LogP contribution in [0.3, 0.4) is 0 Å². The highest BCUT2D eigenvalue weighted by molar-refractivity contribution is 6.31. The maximum absolute atomic E-state index is 6.52. The Morgan fingerprint density at radius 3 is 2.88 bits per heavy atom. The lowest BCUT2D eigenvalue weighted by molar-refractivity contribution is 0.352. The highest BCUT2D eigenvalue weighted by Crippen LogP contribution is 2.53. The van der Waals surface area contributed by atoms with Crippen LogP contribution in [0.25, 0.3) is 0 Å². The van der Waals surface area contributed by atoms with Crippen LogP contribution in [0.5, 0.6) is 5.75 Å². The van der Waals surface area contributed by atoms with Gasteiger partial charge in [0.15, 0.2) is 0 Å². The second-order valence-corrected chi connectivity index (χ2v) is 5.77. The molecule has 0 saturated heterocycles. The van der Waals surface area contributed by atoms with E-state index in [4.69, 9.17) is 27.9 Å². The molecule has 1 saturated carbocycles. The Bertz CT molecular complexity index is 430. The third kappa shape index (κ3) is 1.70. The molecular weight excluding hydrogens is 243 g/mol. The van der Waals surface area contributed by atoms with Crippen molar-refractivity contribution in [3.8, 4) is 5.75 Å². The van der Waals surface area contributed by atoms with Crippen molar-refractivity contribution >= 4 is 23.2 Å². The summed E-state index contributed by atoms with van der Waals surface area (Å²) in [5.41, 5.74) is 2.30. The molecule has 1 nitrogen and oxygen atoms in total. The number of hydrogen-bond donors (Lipinski definition) is 0. The third-order valence-corrected chi connectivity index (χ3v) is 4.40. The minimum atomic E-state index is 0.0561. The highest BCUT2D eigenvalue weighted by Gasteiger charge is 2.41. The molecule has 0 spiro atoms. The molecule has 0 radical (unpaired) electrons. The van der Waals surface area contributed by atoms with E-state index in [9.17, 15) is 0 Å². The molecule has 3 atom stereocenters. The normalized spacial score (nSPS) is 28.4. The first-order chi connectivity index (χ1) is 7.66. The Morgan fingerprint density at radius 2 is 2.19 bits per heavy atom. The fourth-order valence-corrected chi connectivity index (χ4v) is 3.25. The van der Waals surface area contributed by atoms with E-state index in [1.807, 2.05) is 12.1 Å². The van der Waals surface area contributed by atoms with E-state index in [0.29, 0.717) is 5.92 Å². The lowest BCUT2D eigenvalue weighted by atomic mass is 10.0. The first kappa shape index (κ1) is 10.7. The van der Waals surface area contributed by atoms with Gasteiger partial charge in [-0.05, 0) is 36.0 Å². The van der Waals surface area contributed by atoms with Crippen LogP contribution < -0.4 is 4.74 Å². The maximum atomic E-state index is 6.52. The summed E-state index contributed by atoms with van der Waals surface area (Å²) in [6.07, 6.45) is 2.17. The molecule has 0 aromatic heterocycles. The van der Waals surface area contributed by atoms with Gasteiger partial charge in [-0.25, -0.2) is 0 Å². The summed E-state index contributed by atoms with van der Waals surface area (Å²) < 4.78 is 5.68. The molecule has 3 unspecified atom stereocenters. The highest BCUT2D eigenvalue weighted by atomic mass is 35.5. The van der Waals surface area contributed by atoms with E-state index in [0.717, 1.165) is 35.3 Å². The van der Waals surface area contributed by atoms with Gasteiger partial charge in [-0.15, -0.1) is 11.6 Å². The number of hydrogen-bond acceptors (Lipinski definition) is 1. The van der Waals surface area contributed by atoms with Crippen LogP contribution in [0.1, 0.15) is 29.8 Å². The van der Waals surface area contributed by atoms with E-state index >= 15 is 0 Å². The molecule has 3 heteroatoms. The van der Waals surface area contributed by atoms with E-state index < -0.39 is 0 Å². The van der Waals surface area contributed by atoms with Gasteiger partial charge in [-0.2, -0.15) is 0 Å². The third-order valence-electron chi connectivity index (χ3n) is 3.62. The van der Waals surface area contributed by atoms with Crippen LogP contribution in [-0.2, 0) is 6.42 Å². The smallest absolute Gasteiger partial charge is 0.127 e. The lowest BCUT2D eigenvalue weighted by Crippen LogP contribution is -1.98. The van der Waals surface area contributed by atoms with E-state index in [2.05, 4.69) is 6.92 Å². The van der Waals surface area contributed by atoms with Gasteiger partial charge in [-0.1, -0.05) is 18.5 Å². The number of ether oxygens (including phenoxy) is 1. The second kappa shape index (κ2) is 3.82. The largest absolute Gasteiger partial charge is 0.493 e. The molecule has 1 aromatic carbocycles. The zero-order chi connectivity index (χ0) is 11.3. The minimum absolute atomic E-state index is 0.0561. The number of alkyl halides is 1. The molecule has 1 aliphatic heterocycles. The summed E-state index contributed by atoms with van der Waals surface area (Å²) in [5.74, 6) is 2.32. The average molecular weight is 257 g/mol. The summed E-state index contributed by atoms with van der Waals surface area (Å²) in [5, 5.41) is 0.832. The summed E-state index contributed by atoms with van der Waals surface area (Å²) in [4.78, 5) is 0. The van der Waals surface area contributed by atoms with Gasteiger partial charge >= 0.3 is 0 Å². The number of fused-ring (bicyclic) bond motifs is 1. The van der Waals surface area contributed by atoms with Crippen LogP contribution in [0, 0.1) is 11.8 Å². The molecule has 2 aliphatic rings. The minimum Gasteiger partial charge on any atom is -0.493 e. The van der Waals surface area contributed by atoms with Crippen LogP contribution in [0.15, 0.2) is 12.1 Å². The SMILES string of the molecule is CC1CC1C(Cl)c1cc(Cl)cc2c1OCC2. The Labute approximate surface area is 106 Å². The second-order valence-electron chi connectivity index (χ2n) is 4.86. The van der Waals surface area contributed by atoms with E-state index in [1.165, 1.54) is 12.0 Å². The van der Waals surface area contributed by atoms with Crippen molar-refractivity contribution in [2.75, 3.05) is 6.61 Å². The zero-order valence-corrected chi connectivity index (χ0v) is 10.7. The summed E-state index contributed by atoms with van der Waals surface area (Å²) >= 11 is 12.6. The molecule has 1 aliphatic carbocycles. The van der Waals surface area contributed by atoms with Crippen molar-refractivity contribution in [2.45, 2.75) is 25.1 Å². The molecule has 0 N–H and O–H groups in total. The fourth-order valence-electron chi connectivity index (χ4n) is 2.49. The first-order valence-electron chi connectivity index (χ1n) is 5.76. The Balaban J connectivity index is 1.99. The van der Waals surface area contributed by atoms with Crippen molar-refractivity contribution in [1.29, 1.82) is 0 Å². The molecule has 0 bridgehead atoms. The van der Waals surface area contributed by atoms with Crippen molar-refractivity contribution in [3.05, 3.63) is 28.3 Å². The van der Waals surface area contributed by atoms with Crippen molar-refractivity contribution in [1.82, 2.24) is 0 Å². The number of benzene rings is 1. The summed E-state index contributed by atoms with van der Waals surface area (Å²) in [6.45, 7) is 3.00. The predicted molar refractivity (Wildman–Crippen MR) is 66.5 cm³/mol. The van der Waals surface area contributed by atoms with Crippen LogP contribution in [0.2, 0.25) is 5.02 Å². The molecule has 16 heavy (non-hydrogen) atoms. The summed E-state index contributed by atoms with van der Waals surface area (Å²) in [6, 6.07) is 3.96. The van der Waals surface area contributed by atoms with Crippen molar-refractivity contribution in [3.63, 3.8) is 0 Å². The molecule has 0 amide bonds. The van der Waals surface area contributed by atoms with Crippen LogP contribution in [-0.4, -0.2) is 6.61 Å².